The van der Waals surface area contributed by atoms with Gasteiger partial charge in [-0.3, -0.25) is 4.79 Å². The summed E-state index contributed by atoms with van der Waals surface area (Å²) in [7, 11) is 0. The third kappa shape index (κ3) is 2.88. The maximum atomic E-state index is 11.8. The van der Waals surface area contributed by atoms with Gasteiger partial charge in [-0.1, -0.05) is 19.1 Å². The standard InChI is InChI=1S/C15H14N2OS/c1-3-19-12-6-4-11(5-7-12)13-8-10(2)17-15(18)14(13)9-16/h4-8H,3H2,1-2H3,(H,17,18). The molecular formula is C15H14N2OS. The number of aromatic nitrogens is 1. The van der Waals surface area contributed by atoms with E-state index in [1.165, 1.54) is 4.90 Å². The fraction of sp³-hybridized carbons (Fsp3) is 0.200. The fourth-order valence-corrected chi connectivity index (χ4v) is 2.59. The Kier molecular flexibility index (Phi) is 4.08. The van der Waals surface area contributed by atoms with Crippen molar-refractivity contribution in [2.45, 2.75) is 18.7 Å². The molecule has 0 saturated carbocycles. The van der Waals surface area contributed by atoms with Gasteiger partial charge in [0.15, 0.2) is 0 Å². The van der Waals surface area contributed by atoms with E-state index < -0.39 is 0 Å². The van der Waals surface area contributed by atoms with E-state index in [1.54, 1.807) is 11.8 Å². The van der Waals surface area contributed by atoms with Gasteiger partial charge in [-0.15, -0.1) is 11.8 Å². The molecule has 4 heteroatoms. The van der Waals surface area contributed by atoms with Crippen LogP contribution in [0, 0.1) is 18.3 Å². The molecule has 0 atom stereocenters. The van der Waals surface area contributed by atoms with Crippen LogP contribution in [0.5, 0.6) is 0 Å². The Hall–Kier alpha value is -1.99. The average Bonchev–Trinajstić information content (AvgIpc) is 2.39. The Morgan fingerprint density at radius 1 is 1.32 bits per heavy atom. The summed E-state index contributed by atoms with van der Waals surface area (Å²) < 4.78 is 0. The lowest BCUT2D eigenvalue weighted by Gasteiger charge is -2.06. The van der Waals surface area contributed by atoms with Crippen LogP contribution in [0.3, 0.4) is 0 Å². The first-order valence-electron chi connectivity index (χ1n) is 6.03. The monoisotopic (exact) mass is 270 g/mol. The Labute approximate surface area is 116 Å². The lowest BCUT2D eigenvalue weighted by atomic mass is 10.0. The molecule has 0 unspecified atom stereocenters. The van der Waals surface area contributed by atoms with Crippen LogP contribution in [0.4, 0.5) is 0 Å². The van der Waals surface area contributed by atoms with E-state index in [4.69, 9.17) is 5.26 Å². The molecule has 3 nitrogen and oxygen atoms in total. The largest absolute Gasteiger partial charge is 0.325 e. The molecule has 0 bridgehead atoms. The van der Waals surface area contributed by atoms with Gasteiger partial charge in [-0.2, -0.15) is 5.26 Å². The molecule has 1 aromatic carbocycles. The van der Waals surface area contributed by atoms with Gasteiger partial charge in [0.2, 0.25) is 0 Å². The number of pyridine rings is 1. The van der Waals surface area contributed by atoms with Crippen molar-refractivity contribution in [1.29, 1.82) is 5.26 Å². The number of thioether (sulfide) groups is 1. The van der Waals surface area contributed by atoms with Crippen molar-refractivity contribution in [3.05, 3.63) is 51.9 Å². The molecule has 0 radical (unpaired) electrons. The van der Waals surface area contributed by atoms with Crippen molar-refractivity contribution in [3.63, 3.8) is 0 Å². The molecule has 19 heavy (non-hydrogen) atoms. The summed E-state index contributed by atoms with van der Waals surface area (Å²) in [6, 6.07) is 11.7. The molecule has 0 amide bonds. The highest BCUT2D eigenvalue weighted by molar-refractivity contribution is 7.99. The summed E-state index contributed by atoms with van der Waals surface area (Å²) in [6.45, 7) is 3.92. The molecule has 0 saturated heterocycles. The summed E-state index contributed by atoms with van der Waals surface area (Å²) in [6.07, 6.45) is 0. The van der Waals surface area contributed by atoms with E-state index in [-0.39, 0.29) is 11.1 Å². The van der Waals surface area contributed by atoms with Gasteiger partial charge in [0.25, 0.3) is 5.56 Å². The molecule has 1 aromatic heterocycles. The van der Waals surface area contributed by atoms with Gasteiger partial charge in [0.05, 0.1) is 0 Å². The zero-order chi connectivity index (χ0) is 13.8. The second-order valence-corrected chi connectivity index (χ2v) is 5.48. The maximum Gasteiger partial charge on any atom is 0.266 e. The number of rotatable bonds is 3. The summed E-state index contributed by atoms with van der Waals surface area (Å²) >= 11 is 1.76. The molecule has 0 aliphatic rings. The first-order chi connectivity index (χ1) is 9.15. The molecule has 2 rings (SSSR count). The van der Waals surface area contributed by atoms with E-state index in [1.807, 2.05) is 43.3 Å². The van der Waals surface area contributed by atoms with Gasteiger partial charge in [0.1, 0.15) is 11.6 Å². The van der Waals surface area contributed by atoms with Crippen molar-refractivity contribution < 1.29 is 0 Å². The number of benzene rings is 1. The zero-order valence-corrected chi connectivity index (χ0v) is 11.7. The first kappa shape index (κ1) is 13.4. The summed E-state index contributed by atoms with van der Waals surface area (Å²) in [5.74, 6) is 1.02. The Bertz CT molecular complexity index is 681. The van der Waals surface area contributed by atoms with Crippen LogP contribution in [0.2, 0.25) is 0 Å². The number of H-pyrrole nitrogens is 1. The van der Waals surface area contributed by atoms with Crippen LogP contribution >= 0.6 is 11.8 Å². The van der Waals surface area contributed by atoms with Gasteiger partial charge in [-0.05, 0) is 36.4 Å². The van der Waals surface area contributed by atoms with E-state index in [0.29, 0.717) is 5.56 Å². The molecular weight excluding hydrogens is 256 g/mol. The SMILES string of the molecule is CCSc1ccc(-c2cc(C)[nH]c(=O)c2C#N)cc1. The molecule has 2 aromatic rings. The summed E-state index contributed by atoms with van der Waals surface area (Å²) in [4.78, 5) is 15.6. The molecule has 1 heterocycles. The highest BCUT2D eigenvalue weighted by Crippen LogP contribution is 2.25. The molecule has 0 aliphatic heterocycles. The van der Waals surface area contributed by atoms with Crippen LogP contribution in [0.15, 0.2) is 40.0 Å². The van der Waals surface area contributed by atoms with E-state index in [2.05, 4.69) is 11.9 Å². The predicted octanol–water partition coefficient (Wildman–Crippen LogP) is 3.33. The topological polar surface area (TPSA) is 56.6 Å². The minimum absolute atomic E-state index is 0.168. The van der Waals surface area contributed by atoms with Crippen molar-refractivity contribution in [2.24, 2.45) is 0 Å². The van der Waals surface area contributed by atoms with Gasteiger partial charge in [0, 0.05) is 16.2 Å². The molecule has 0 aliphatic carbocycles. The summed E-state index contributed by atoms with van der Waals surface area (Å²) in [5.41, 5.74) is 2.18. The van der Waals surface area contributed by atoms with Crippen LogP contribution in [-0.2, 0) is 0 Å². The van der Waals surface area contributed by atoms with E-state index >= 15 is 0 Å². The summed E-state index contributed by atoms with van der Waals surface area (Å²) in [5, 5.41) is 9.12. The molecule has 1 N–H and O–H groups in total. The normalized spacial score (nSPS) is 10.2. The van der Waals surface area contributed by atoms with Gasteiger partial charge < -0.3 is 4.98 Å². The quantitative estimate of drug-likeness (QED) is 0.870. The lowest BCUT2D eigenvalue weighted by Crippen LogP contribution is -2.12. The van der Waals surface area contributed by atoms with Gasteiger partial charge >= 0.3 is 0 Å². The van der Waals surface area contributed by atoms with E-state index in [9.17, 15) is 4.79 Å². The number of hydrogen-bond acceptors (Lipinski definition) is 3. The highest BCUT2D eigenvalue weighted by Gasteiger charge is 2.09. The maximum absolute atomic E-state index is 11.8. The molecule has 0 fully saturated rings. The lowest BCUT2D eigenvalue weighted by molar-refractivity contribution is 1.13. The number of hydrogen-bond donors (Lipinski definition) is 1. The third-order valence-electron chi connectivity index (χ3n) is 2.76. The number of nitriles is 1. The number of aryl methyl sites for hydroxylation is 1. The smallest absolute Gasteiger partial charge is 0.266 e. The van der Waals surface area contributed by atoms with E-state index in [0.717, 1.165) is 17.0 Å². The van der Waals surface area contributed by atoms with Crippen LogP contribution in [0.1, 0.15) is 18.2 Å². The average molecular weight is 270 g/mol. The minimum Gasteiger partial charge on any atom is -0.325 e. The Morgan fingerprint density at radius 3 is 2.58 bits per heavy atom. The number of nitrogens with zero attached hydrogens (tertiary/aromatic N) is 1. The zero-order valence-electron chi connectivity index (χ0n) is 10.9. The third-order valence-corrected chi connectivity index (χ3v) is 3.65. The second-order valence-electron chi connectivity index (χ2n) is 4.14. The van der Waals surface area contributed by atoms with Crippen LogP contribution < -0.4 is 5.56 Å². The van der Waals surface area contributed by atoms with Crippen molar-refractivity contribution in [1.82, 2.24) is 4.98 Å². The Balaban J connectivity index is 2.53. The number of nitrogens with one attached hydrogen (secondary N) is 1. The van der Waals surface area contributed by atoms with Crippen molar-refractivity contribution >= 4 is 11.8 Å². The molecule has 96 valence electrons. The van der Waals surface area contributed by atoms with Crippen LogP contribution in [-0.4, -0.2) is 10.7 Å². The van der Waals surface area contributed by atoms with Gasteiger partial charge in [-0.25, -0.2) is 0 Å². The van der Waals surface area contributed by atoms with Crippen molar-refractivity contribution in [2.75, 3.05) is 5.75 Å². The highest BCUT2D eigenvalue weighted by atomic mass is 32.2. The predicted molar refractivity (Wildman–Crippen MR) is 78.3 cm³/mol. The second kappa shape index (κ2) is 5.77. The fourth-order valence-electron chi connectivity index (χ4n) is 1.92. The molecule has 0 spiro atoms. The first-order valence-corrected chi connectivity index (χ1v) is 7.01. The van der Waals surface area contributed by atoms with Crippen LogP contribution in [0.25, 0.3) is 11.1 Å². The minimum atomic E-state index is -0.329. The number of aromatic amines is 1. The Morgan fingerprint density at radius 2 is 2.00 bits per heavy atom. The van der Waals surface area contributed by atoms with Crippen molar-refractivity contribution in [3.8, 4) is 17.2 Å².